The van der Waals surface area contributed by atoms with Gasteiger partial charge in [-0.1, -0.05) is 24.3 Å². The number of hydrazone groups is 1. The van der Waals surface area contributed by atoms with Gasteiger partial charge >= 0.3 is 16.3 Å². The van der Waals surface area contributed by atoms with Gasteiger partial charge in [0.2, 0.25) is 5.91 Å². The van der Waals surface area contributed by atoms with Gasteiger partial charge in [0.05, 0.1) is 18.2 Å². The van der Waals surface area contributed by atoms with Crippen molar-refractivity contribution in [3.63, 3.8) is 0 Å². The SMILES string of the molecule is O=C(Cc1ccc(F)cc1)NN=Cc1ccccc1OS(=O)(=O)c1ccc(C(F)(F)F)cc1. The number of hydrogen-bond acceptors (Lipinski definition) is 5. The highest BCUT2D eigenvalue weighted by molar-refractivity contribution is 7.87. The zero-order valence-corrected chi connectivity index (χ0v) is 17.5. The number of nitrogens with zero attached hydrogens (tertiary/aromatic N) is 1. The molecule has 0 saturated heterocycles. The van der Waals surface area contributed by atoms with Gasteiger partial charge in [0.15, 0.2) is 5.75 Å². The van der Waals surface area contributed by atoms with Crippen LogP contribution >= 0.6 is 0 Å². The first kappa shape index (κ1) is 23.9. The van der Waals surface area contributed by atoms with E-state index in [1.54, 1.807) is 6.07 Å². The fourth-order valence-corrected chi connectivity index (χ4v) is 3.59. The first-order valence-corrected chi connectivity index (χ1v) is 10.7. The van der Waals surface area contributed by atoms with E-state index in [0.29, 0.717) is 17.7 Å². The molecule has 1 N–H and O–H groups in total. The Bertz CT molecular complexity index is 1260. The molecular weight excluding hydrogens is 464 g/mol. The van der Waals surface area contributed by atoms with Crippen LogP contribution in [0.2, 0.25) is 0 Å². The topological polar surface area (TPSA) is 84.8 Å². The predicted octanol–water partition coefficient (Wildman–Crippen LogP) is 4.31. The Morgan fingerprint density at radius 1 is 0.970 bits per heavy atom. The summed E-state index contributed by atoms with van der Waals surface area (Å²) in [6.07, 6.45) is -3.51. The molecule has 3 aromatic rings. The van der Waals surface area contributed by atoms with Crippen molar-refractivity contribution in [1.29, 1.82) is 0 Å². The largest absolute Gasteiger partial charge is 0.416 e. The van der Waals surface area contributed by atoms with Gasteiger partial charge in [0.25, 0.3) is 0 Å². The summed E-state index contributed by atoms with van der Waals surface area (Å²) < 4.78 is 81.0. The normalized spacial score (nSPS) is 12.0. The summed E-state index contributed by atoms with van der Waals surface area (Å²) in [7, 11) is -4.43. The number of nitrogens with one attached hydrogen (secondary N) is 1. The molecule has 0 radical (unpaired) electrons. The van der Waals surface area contributed by atoms with E-state index < -0.39 is 38.5 Å². The second-order valence-electron chi connectivity index (χ2n) is 6.69. The third-order valence-corrected chi connectivity index (χ3v) is 5.51. The lowest BCUT2D eigenvalue weighted by molar-refractivity contribution is -0.137. The fraction of sp³-hybridized carbons (Fsp3) is 0.0909. The summed E-state index contributed by atoms with van der Waals surface area (Å²) in [6.45, 7) is 0. The highest BCUT2D eigenvalue weighted by atomic mass is 32.2. The van der Waals surface area contributed by atoms with Crippen LogP contribution in [0.5, 0.6) is 5.75 Å². The Labute approximate surface area is 186 Å². The zero-order chi connectivity index (χ0) is 24.1. The highest BCUT2D eigenvalue weighted by Gasteiger charge is 2.31. The molecule has 11 heteroatoms. The Morgan fingerprint density at radius 3 is 2.24 bits per heavy atom. The molecule has 3 rings (SSSR count). The molecular formula is C22H16F4N2O4S. The van der Waals surface area contributed by atoms with Gasteiger partial charge in [-0.3, -0.25) is 4.79 Å². The van der Waals surface area contributed by atoms with Crippen LogP contribution in [0.3, 0.4) is 0 Å². The monoisotopic (exact) mass is 480 g/mol. The molecule has 172 valence electrons. The Hall–Kier alpha value is -3.73. The van der Waals surface area contributed by atoms with Crippen molar-refractivity contribution in [2.24, 2.45) is 5.10 Å². The number of hydrogen-bond donors (Lipinski definition) is 1. The maximum Gasteiger partial charge on any atom is 0.416 e. The van der Waals surface area contributed by atoms with Crippen molar-refractivity contribution < 1.29 is 35.0 Å². The average Bonchev–Trinajstić information content (AvgIpc) is 2.76. The van der Waals surface area contributed by atoms with Crippen LogP contribution in [0.4, 0.5) is 17.6 Å². The van der Waals surface area contributed by atoms with Crippen molar-refractivity contribution in [3.8, 4) is 5.75 Å². The number of alkyl halides is 3. The maximum absolute atomic E-state index is 12.9. The highest BCUT2D eigenvalue weighted by Crippen LogP contribution is 2.30. The third kappa shape index (κ3) is 6.62. The molecule has 0 aliphatic rings. The maximum atomic E-state index is 12.9. The first-order valence-electron chi connectivity index (χ1n) is 9.32. The lowest BCUT2D eigenvalue weighted by atomic mass is 10.1. The van der Waals surface area contributed by atoms with Crippen molar-refractivity contribution >= 4 is 22.2 Å². The number of para-hydroxylation sites is 1. The van der Waals surface area contributed by atoms with E-state index in [0.717, 1.165) is 18.3 Å². The molecule has 0 fully saturated rings. The second kappa shape index (κ2) is 9.82. The number of amides is 1. The Morgan fingerprint density at radius 2 is 1.61 bits per heavy atom. The Balaban J connectivity index is 1.69. The lowest BCUT2D eigenvalue weighted by Gasteiger charge is -2.11. The minimum absolute atomic E-state index is 0.0575. The van der Waals surface area contributed by atoms with Crippen LogP contribution in [-0.2, 0) is 27.5 Å². The average molecular weight is 480 g/mol. The van der Waals surface area contributed by atoms with Gasteiger partial charge in [0, 0.05) is 5.56 Å². The second-order valence-corrected chi connectivity index (χ2v) is 8.24. The van der Waals surface area contributed by atoms with E-state index in [1.807, 2.05) is 0 Å². The van der Waals surface area contributed by atoms with Crippen molar-refractivity contribution in [3.05, 3.63) is 95.3 Å². The summed E-state index contributed by atoms with van der Waals surface area (Å²) >= 11 is 0. The number of halogens is 4. The lowest BCUT2D eigenvalue weighted by Crippen LogP contribution is -2.19. The minimum Gasteiger partial charge on any atom is -0.378 e. The van der Waals surface area contributed by atoms with Crippen LogP contribution in [0.1, 0.15) is 16.7 Å². The molecule has 0 heterocycles. The molecule has 33 heavy (non-hydrogen) atoms. The predicted molar refractivity (Wildman–Crippen MR) is 112 cm³/mol. The molecule has 0 saturated carbocycles. The van der Waals surface area contributed by atoms with Crippen LogP contribution in [0, 0.1) is 5.82 Å². The van der Waals surface area contributed by atoms with Gasteiger partial charge in [0.1, 0.15) is 10.7 Å². The molecule has 0 aliphatic heterocycles. The fourth-order valence-electron chi connectivity index (χ4n) is 2.64. The quantitative estimate of drug-likeness (QED) is 0.237. The van der Waals surface area contributed by atoms with E-state index in [1.165, 1.54) is 42.5 Å². The molecule has 6 nitrogen and oxygen atoms in total. The summed E-state index contributed by atoms with van der Waals surface area (Å²) in [6, 6.07) is 14.1. The molecule has 0 bridgehead atoms. The summed E-state index contributed by atoms with van der Waals surface area (Å²) in [4.78, 5) is 11.5. The third-order valence-electron chi connectivity index (χ3n) is 4.26. The number of carbonyl (C=O) groups excluding carboxylic acids is 1. The number of rotatable bonds is 7. The zero-order valence-electron chi connectivity index (χ0n) is 16.7. The van der Waals surface area contributed by atoms with E-state index >= 15 is 0 Å². The first-order chi connectivity index (χ1) is 15.5. The van der Waals surface area contributed by atoms with Gasteiger partial charge in [-0.2, -0.15) is 26.7 Å². The Kier molecular flexibility index (Phi) is 7.12. The summed E-state index contributed by atoms with van der Waals surface area (Å²) in [5.74, 6) is -1.07. The number of benzene rings is 3. The molecule has 0 aliphatic carbocycles. The van der Waals surface area contributed by atoms with Crippen LogP contribution < -0.4 is 9.61 Å². The molecule has 0 atom stereocenters. The van der Waals surface area contributed by atoms with Crippen LogP contribution in [0.25, 0.3) is 0 Å². The molecule has 0 unspecified atom stereocenters. The van der Waals surface area contributed by atoms with Gasteiger partial charge in [-0.05, 0) is 54.1 Å². The van der Waals surface area contributed by atoms with E-state index in [9.17, 15) is 30.8 Å². The summed E-state index contributed by atoms with van der Waals surface area (Å²) in [5, 5.41) is 3.76. The molecule has 3 aromatic carbocycles. The van der Waals surface area contributed by atoms with Gasteiger partial charge in [-0.15, -0.1) is 0 Å². The minimum atomic E-state index is -4.60. The van der Waals surface area contributed by atoms with Crippen LogP contribution in [-0.4, -0.2) is 20.5 Å². The van der Waals surface area contributed by atoms with Crippen LogP contribution in [0.15, 0.2) is 82.8 Å². The van der Waals surface area contributed by atoms with Gasteiger partial charge < -0.3 is 4.18 Å². The van der Waals surface area contributed by atoms with Crippen molar-refractivity contribution in [1.82, 2.24) is 5.43 Å². The molecule has 0 aromatic heterocycles. The van der Waals surface area contributed by atoms with E-state index in [2.05, 4.69) is 10.5 Å². The van der Waals surface area contributed by atoms with E-state index in [4.69, 9.17) is 4.18 Å². The van der Waals surface area contributed by atoms with Crippen molar-refractivity contribution in [2.45, 2.75) is 17.5 Å². The molecule has 0 spiro atoms. The number of carbonyl (C=O) groups is 1. The van der Waals surface area contributed by atoms with E-state index in [-0.39, 0.29) is 17.7 Å². The van der Waals surface area contributed by atoms with Gasteiger partial charge in [-0.25, -0.2) is 9.82 Å². The molecule has 1 amide bonds. The summed E-state index contributed by atoms with van der Waals surface area (Å²) in [5.41, 5.74) is 2.02. The smallest absolute Gasteiger partial charge is 0.378 e. The van der Waals surface area contributed by atoms with Crippen molar-refractivity contribution in [2.75, 3.05) is 0 Å². The standard InChI is InChI=1S/C22H16F4N2O4S/c23-18-9-5-15(6-10-18)13-21(29)28-27-14-16-3-1-2-4-20(16)32-33(30,31)19-11-7-17(8-12-19)22(24,25)26/h1-12,14H,13H2,(H,28,29).